The first-order valence-electron chi connectivity index (χ1n) is 9.30. The second kappa shape index (κ2) is 6.20. The normalized spacial score (nSPS) is 16.4. The summed E-state index contributed by atoms with van der Waals surface area (Å²) in [6.07, 6.45) is 6.63. The number of hydrogen-bond donors (Lipinski definition) is 1. The van der Waals surface area contributed by atoms with Crippen LogP contribution in [0, 0.1) is 0 Å². The molecule has 0 bridgehead atoms. The summed E-state index contributed by atoms with van der Waals surface area (Å²) in [5.74, 6) is -0.0776. The van der Waals surface area contributed by atoms with Crippen molar-refractivity contribution >= 4 is 27.6 Å². The van der Waals surface area contributed by atoms with Crippen LogP contribution in [0.4, 0.5) is 0 Å². The van der Waals surface area contributed by atoms with Gasteiger partial charge in [-0.3, -0.25) is 14.5 Å². The van der Waals surface area contributed by atoms with Crippen LogP contribution in [0.5, 0.6) is 0 Å². The van der Waals surface area contributed by atoms with Crippen molar-refractivity contribution in [3.8, 4) is 0 Å². The minimum atomic E-state index is -0.0776. The third-order valence-electron chi connectivity index (χ3n) is 5.54. The molecule has 134 valence electrons. The summed E-state index contributed by atoms with van der Waals surface area (Å²) in [5, 5.41) is 10.8. The smallest absolute Gasteiger partial charge is 0.254 e. The Kier molecular flexibility index (Phi) is 3.67. The number of nitrogens with one attached hydrogen (secondary N) is 1. The van der Waals surface area contributed by atoms with Crippen LogP contribution >= 0.6 is 0 Å². The number of carbonyl (C=O) groups excluding carboxylic acids is 1. The van der Waals surface area contributed by atoms with E-state index < -0.39 is 0 Å². The number of aryl methyl sites for hydroxylation is 1. The zero-order valence-corrected chi connectivity index (χ0v) is 15.1. The molecule has 1 N–H and O–H groups in total. The van der Waals surface area contributed by atoms with Gasteiger partial charge in [-0.2, -0.15) is 5.10 Å². The second-order valence-electron chi connectivity index (χ2n) is 7.13. The van der Waals surface area contributed by atoms with E-state index in [2.05, 4.69) is 21.5 Å². The van der Waals surface area contributed by atoms with E-state index in [-0.39, 0.29) is 11.9 Å². The Morgan fingerprint density at radius 1 is 1.19 bits per heavy atom. The first-order chi connectivity index (χ1) is 13.2. The first-order valence-corrected chi connectivity index (χ1v) is 9.30. The van der Waals surface area contributed by atoms with Gasteiger partial charge in [-0.25, -0.2) is 0 Å². The van der Waals surface area contributed by atoms with Gasteiger partial charge >= 0.3 is 0 Å². The van der Waals surface area contributed by atoms with Crippen molar-refractivity contribution in [3.05, 3.63) is 71.7 Å². The number of rotatable bonds is 2. The Labute approximate surface area is 157 Å². The molecule has 1 amide bonds. The average molecular weight is 356 g/mol. The molecule has 0 fully saturated rings. The first kappa shape index (κ1) is 16.0. The molecule has 5 rings (SSSR count). The molecule has 0 radical (unpaired) electrons. The van der Waals surface area contributed by atoms with Crippen LogP contribution in [-0.2, 0) is 13.5 Å². The Balaban J connectivity index is 1.58. The summed E-state index contributed by atoms with van der Waals surface area (Å²) < 4.78 is 1.92. The van der Waals surface area contributed by atoms with Gasteiger partial charge in [-0.15, -0.1) is 0 Å². The SMILES string of the molecule is Cn1ncc2c1CCCC2NC(=O)c1cc2ccccc2c2cccnc12. The van der Waals surface area contributed by atoms with Crippen molar-refractivity contribution in [2.24, 2.45) is 7.05 Å². The van der Waals surface area contributed by atoms with Gasteiger partial charge in [-0.05, 0) is 42.2 Å². The molecule has 1 atom stereocenters. The van der Waals surface area contributed by atoms with Crippen LogP contribution in [0.1, 0.15) is 40.5 Å². The third-order valence-corrected chi connectivity index (χ3v) is 5.54. The number of hydrogen-bond acceptors (Lipinski definition) is 3. The number of pyridine rings is 1. The van der Waals surface area contributed by atoms with Crippen molar-refractivity contribution in [1.29, 1.82) is 0 Å². The summed E-state index contributed by atoms with van der Waals surface area (Å²) in [6.45, 7) is 0. The maximum absolute atomic E-state index is 13.2. The lowest BCUT2D eigenvalue weighted by molar-refractivity contribution is 0.0934. The fraction of sp³-hybridized carbons (Fsp3) is 0.227. The van der Waals surface area contributed by atoms with E-state index in [0.717, 1.165) is 46.5 Å². The quantitative estimate of drug-likeness (QED) is 0.554. The second-order valence-corrected chi connectivity index (χ2v) is 7.13. The molecule has 0 saturated carbocycles. The highest BCUT2D eigenvalue weighted by Crippen LogP contribution is 2.31. The van der Waals surface area contributed by atoms with E-state index in [1.54, 1.807) is 6.20 Å². The van der Waals surface area contributed by atoms with Crippen LogP contribution in [0.25, 0.3) is 21.7 Å². The van der Waals surface area contributed by atoms with Crippen molar-refractivity contribution in [2.45, 2.75) is 25.3 Å². The van der Waals surface area contributed by atoms with Gasteiger partial charge in [0.15, 0.2) is 0 Å². The Bertz CT molecular complexity index is 1180. The number of fused-ring (bicyclic) bond motifs is 4. The van der Waals surface area contributed by atoms with Crippen molar-refractivity contribution in [2.75, 3.05) is 0 Å². The summed E-state index contributed by atoms with van der Waals surface area (Å²) in [7, 11) is 1.96. The molecule has 27 heavy (non-hydrogen) atoms. The number of nitrogens with zero attached hydrogens (tertiary/aromatic N) is 3. The van der Waals surface area contributed by atoms with Gasteiger partial charge in [0.25, 0.3) is 5.91 Å². The van der Waals surface area contributed by atoms with Gasteiger partial charge < -0.3 is 5.32 Å². The highest BCUT2D eigenvalue weighted by Gasteiger charge is 2.26. The van der Waals surface area contributed by atoms with E-state index in [4.69, 9.17) is 0 Å². The van der Waals surface area contributed by atoms with E-state index in [0.29, 0.717) is 5.56 Å². The zero-order valence-electron chi connectivity index (χ0n) is 15.1. The third kappa shape index (κ3) is 2.58. The molecular weight excluding hydrogens is 336 g/mol. The number of aromatic nitrogens is 3. The largest absolute Gasteiger partial charge is 0.345 e. The van der Waals surface area contributed by atoms with Crippen LogP contribution in [-0.4, -0.2) is 20.7 Å². The molecule has 1 aliphatic rings. The fourth-order valence-electron chi connectivity index (χ4n) is 4.19. The average Bonchev–Trinajstić information content (AvgIpc) is 3.09. The summed E-state index contributed by atoms with van der Waals surface area (Å²) in [5.41, 5.74) is 3.72. The van der Waals surface area contributed by atoms with Crippen LogP contribution < -0.4 is 5.32 Å². The number of amides is 1. The lowest BCUT2D eigenvalue weighted by atomic mass is 9.92. The lowest BCUT2D eigenvalue weighted by Crippen LogP contribution is -2.31. The molecule has 5 nitrogen and oxygen atoms in total. The standard InChI is InChI=1S/C22H20N4O/c1-26-20-10-4-9-19(18(20)13-24-26)25-22(27)17-12-14-6-2-3-7-15(14)16-8-5-11-23-21(16)17/h2-3,5-8,11-13,19H,4,9-10H2,1H3,(H,25,27). The summed E-state index contributed by atoms with van der Waals surface area (Å²) >= 11 is 0. The molecule has 1 unspecified atom stereocenters. The topological polar surface area (TPSA) is 59.8 Å². The highest BCUT2D eigenvalue weighted by molar-refractivity contribution is 6.15. The van der Waals surface area contributed by atoms with E-state index >= 15 is 0 Å². The van der Waals surface area contributed by atoms with Gasteiger partial charge in [0.05, 0.1) is 23.3 Å². The predicted molar refractivity (Wildman–Crippen MR) is 106 cm³/mol. The Hall–Kier alpha value is -3.21. The Morgan fingerprint density at radius 2 is 2.04 bits per heavy atom. The van der Waals surface area contributed by atoms with E-state index in [1.807, 2.05) is 54.3 Å². The molecule has 0 saturated heterocycles. The molecule has 2 heterocycles. The van der Waals surface area contributed by atoms with Crippen molar-refractivity contribution in [1.82, 2.24) is 20.1 Å². The van der Waals surface area contributed by atoms with Crippen LogP contribution in [0.15, 0.2) is 54.9 Å². The lowest BCUT2D eigenvalue weighted by Gasteiger charge is -2.24. The highest BCUT2D eigenvalue weighted by atomic mass is 16.1. The number of carbonyl (C=O) groups is 1. The monoisotopic (exact) mass is 356 g/mol. The molecule has 4 aromatic rings. The summed E-state index contributed by atoms with van der Waals surface area (Å²) in [6, 6.07) is 14.0. The predicted octanol–water partition coefficient (Wildman–Crippen LogP) is 3.93. The van der Waals surface area contributed by atoms with E-state index in [9.17, 15) is 4.79 Å². The molecular formula is C22H20N4O. The van der Waals surface area contributed by atoms with Gasteiger partial charge in [-0.1, -0.05) is 30.3 Å². The zero-order chi connectivity index (χ0) is 18.4. The van der Waals surface area contributed by atoms with Crippen molar-refractivity contribution < 1.29 is 4.79 Å². The van der Waals surface area contributed by atoms with Gasteiger partial charge in [0, 0.05) is 29.9 Å². The maximum Gasteiger partial charge on any atom is 0.254 e. The molecule has 5 heteroatoms. The molecule has 0 spiro atoms. The maximum atomic E-state index is 13.2. The molecule has 0 aliphatic heterocycles. The number of benzene rings is 2. The molecule has 1 aliphatic carbocycles. The van der Waals surface area contributed by atoms with Crippen molar-refractivity contribution in [3.63, 3.8) is 0 Å². The summed E-state index contributed by atoms with van der Waals surface area (Å²) in [4.78, 5) is 17.7. The van der Waals surface area contributed by atoms with E-state index in [1.165, 1.54) is 5.69 Å². The minimum Gasteiger partial charge on any atom is -0.345 e. The fourth-order valence-corrected chi connectivity index (χ4v) is 4.19. The molecule has 2 aromatic heterocycles. The minimum absolute atomic E-state index is 0.000169. The van der Waals surface area contributed by atoms with Gasteiger partial charge in [0.2, 0.25) is 0 Å². The van der Waals surface area contributed by atoms with Crippen LogP contribution in [0.3, 0.4) is 0 Å². The molecule has 2 aromatic carbocycles. The Morgan fingerprint density at radius 3 is 2.96 bits per heavy atom. The van der Waals surface area contributed by atoms with Crippen LogP contribution in [0.2, 0.25) is 0 Å². The van der Waals surface area contributed by atoms with Gasteiger partial charge in [0.1, 0.15) is 0 Å².